The Hall–Kier alpha value is -4.56. The number of fused-ring (bicyclic) bond motifs is 1. The van der Waals surface area contributed by atoms with Crippen LogP contribution in [0, 0.1) is 25.2 Å². The van der Waals surface area contributed by atoms with Crippen LogP contribution in [0.25, 0.3) is 22.7 Å². The van der Waals surface area contributed by atoms with Crippen molar-refractivity contribution in [1.29, 1.82) is 5.26 Å². The molecule has 0 aliphatic heterocycles. The van der Waals surface area contributed by atoms with Crippen LogP contribution in [0.3, 0.4) is 0 Å². The number of aromatic nitrogens is 7. The maximum atomic E-state index is 9.49. The molecule has 0 aliphatic carbocycles. The van der Waals surface area contributed by atoms with E-state index in [1.54, 1.807) is 24.0 Å². The Morgan fingerprint density at radius 2 is 2.03 bits per heavy atom. The summed E-state index contributed by atoms with van der Waals surface area (Å²) in [6.07, 6.45) is 2.11. The molecule has 0 bridgehead atoms. The Labute approximate surface area is 188 Å². The molecule has 0 saturated carbocycles. The highest BCUT2D eigenvalue weighted by molar-refractivity contribution is 5.81. The number of aliphatic hydroxyl groups is 1. The Bertz CT molecular complexity index is 1510. The van der Waals surface area contributed by atoms with Gasteiger partial charge in [0.15, 0.2) is 11.5 Å². The van der Waals surface area contributed by atoms with Crippen molar-refractivity contribution >= 4 is 22.7 Å². The van der Waals surface area contributed by atoms with E-state index in [2.05, 4.69) is 31.7 Å². The summed E-state index contributed by atoms with van der Waals surface area (Å²) < 4.78 is 8.86. The van der Waals surface area contributed by atoms with Gasteiger partial charge in [-0.2, -0.15) is 10.4 Å². The maximum Gasteiger partial charge on any atom is 0.320 e. The molecule has 164 valence electrons. The maximum absolute atomic E-state index is 9.49. The van der Waals surface area contributed by atoms with Crippen LogP contribution < -0.4 is 5.32 Å². The lowest BCUT2D eigenvalue weighted by Gasteiger charge is -2.12. The minimum Gasteiger partial charge on any atom is -0.408 e. The number of nitrogens with zero attached hydrogens (tertiary/aromatic N) is 8. The van der Waals surface area contributed by atoms with Gasteiger partial charge in [-0.3, -0.25) is 4.57 Å². The molecular weight excluding hydrogens is 422 g/mol. The van der Waals surface area contributed by atoms with E-state index in [4.69, 9.17) is 9.40 Å². The van der Waals surface area contributed by atoms with E-state index in [-0.39, 0.29) is 6.61 Å². The van der Waals surface area contributed by atoms with Crippen molar-refractivity contribution in [3.8, 4) is 17.7 Å². The van der Waals surface area contributed by atoms with Crippen molar-refractivity contribution in [3.05, 3.63) is 65.6 Å². The quantitative estimate of drug-likeness (QED) is 0.406. The Morgan fingerprint density at radius 3 is 2.76 bits per heavy atom. The zero-order valence-corrected chi connectivity index (χ0v) is 17.9. The Balaban J connectivity index is 1.55. The van der Waals surface area contributed by atoms with Crippen LogP contribution in [0.15, 0.2) is 47.1 Å². The van der Waals surface area contributed by atoms with E-state index < -0.39 is 0 Å². The average Bonchev–Trinajstić information content (AvgIpc) is 3.52. The summed E-state index contributed by atoms with van der Waals surface area (Å²) in [4.78, 5) is 9.32. The molecule has 33 heavy (non-hydrogen) atoms. The smallest absolute Gasteiger partial charge is 0.320 e. The number of hydrogen-bond donors (Lipinski definition) is 2. The largest absolute Gasteiger partial charge is 0.408 e. The molecule has 0 spiro atoms. The molecule has 11 heteroatoms. The van der Waals surface area contributed by atoms with Crippen molar-refractivity contribution < 1.29 is 9.52 Å². The number of pyridine rings is 1. The zero-order valence-electron chi connectivity index (χ0n) is 17.9. The third-order valence-electron chi connectivity index (χ3n) is 5.10. The van der Waals surface area contributed by atoms with Gasteiger partial charge in [0.1, 0.15) is 18.2 Å². The third kappa shape index (κ3) is 3.79. The fourth-order valence-electron chi connectivity index (χ4n) is 3.59. The second-order valence-electron chi connectivity index (χ2n) is 7.39. The van der Waals surface area contributed by atoms with E-state index in [0.717, 1.165) is 28.0 Å². The van der Waals surface area contributed by atoms with Gasteiger partial charge in [-0.15, -0.1) is 5.10 Å². The van der Waals surface area contributed by atoms with Crippen LogP contribution in [-0.4, -0.2) is 46.2 Å². The fraction of sp³-hybridized carbons (Fsp3) is 0.182. The van der Waals surface area contributed by atoms with Crippen LogP contribution in [0.4, 0.5) is 11.7 Å². The van der Waals surface area contributed by atoms with Gasteiger partial charge < -0.3 is 14.8 Å². The molecular formula is C22H19N9O2. The van der Waals surface area contributed by atoms with E-state index in [1.807, 2.05) is 41.8 Å². The highest BCUT2D eigenvalue weighted by Crippen LogP contribution is 2.25. The summed E-state index contributed by atoms with van der Waals surface area (Å²) in [7, 11) is 0. The predicted molar refractivity (Wildman–Crippen MR) is 119 cm³/mol. The number of nitrogens with one attached hydrogen (secondary N) is 1. The van der Waals surface area contributed by atoms with Crippen molar-refractivity contribution in [1.82, 2.24) is 34.5 Å². The van der Waals surface area contributed by atoms with Crippen LogP contribution in [0.5, 0.6) is 0 Å². The second-order valence-corrected chi connectivity index (χ2v) is 7.39. The number of imidazole rings is 1. The van der Waals surface area contributed by atoms with Gasteiger partial charge in [0.05, 0.1) is 11.0 Å². The minimum absolute atomic E-state index is 0.0250. The van der Waals surface area contributed by atoms with E-state index in [0.29, 0.717) is 35.7 Å². The topological polar surface area (TPSA) is 144 Å². The molecule has 0 saturated heterocycles. The molecule has 4 aromatic heterocycles. The molecule has 0 amide bonds. The Kier molecular flexibility index (Phi) is 5.04. The molecule has 5 aromatic rings. The molecule has 1 aromatic carbocycles. The molecule has 5 rings (SSSR count). The molecule has 2 N–H and O–H groups in total. The minimum atomic E-state index is -0.0250. The first-order valence-electron chi connectivity index (χ1n) is 10.2. The van der Waals surface area contributed by atoms with Gasteiger partial charge in [0, 0.05) is 24.9 Å². The summed E-state index contributed by atoms with van der Waals surface area (Å²) >= 11 is 0. The van der Waals surface area contributed by atoms with Gasteiger partial charge in [0.25, 0.3) is 0 Å². The summed E-state index contributed by atoms with van der Waals surface area (Å²) in [5.74, 6) is 1.67. The molecule has 0 aliphatic rings. The van der Waals surface area contributed by atoms with E-state index >= 15 is 0 Å². The number of anilines is 2. The summed E-state index contributed by atoms with van der Waals surface area (Å²) in [6, 6.07) is 13.5. The first kappa shape index (κ1) is 20.3. The van der Waals surface area contributed by atoms with Crippen LogP contribution in [0.2, 0.25) is 0 Å². The highest BCUT2D eigenvalue weighted by Gasteiger charge is 2.15. The normalized spacial score (nSPS) is 11.1. The van der Waals surface area contributed by atoms with Gasteiger partial charge in [-0.25, -0.2) is 14.6 Å². The van der Waals surface area contributed by atoms with Gasteiger partial charge in [0.2, 0.25) is 5.89 Å². The van der Waals surface area contributed by atoms with Gasteiger partial charge in [-0.05, 0) is 49.2 Å². The zero-order chi connectivity index (χ0) is 22.9. The number of rotatable bonds is 6. The lowest BCUT2D eigenvalue weighted by Crippen LogP contribution is -2.10. The molecule has 0 atom stereocenters. The first-order chi connectivity index (χ1) is 16.1. The van der Waals surface area contributed by atoms with Crippen molar-refractivity contribution in [2.75, 3.05) is 11.9 Å². The van der Waals surface area contributed by atoms with Crippen LogP contribution >= 0.6 is 0 Å². The first-order valence-corrected chi connectivity index (χ1v) is 10.2. The summed E-state index contributed by atoms with van der Waals surface area (Å²) in [6.45, 7) is 3.56. The number of aliphatic hydroxyl groups excluding tert-OH is 1. The van der Waals surface area contributed by atoms with Gasteiger partial charge >= 0.3 is 6.01 Å². The van der Waals surface area contributed by atoms with Crippen LogP contribution in [0.1, 0.15) is 22.8 Å². The van der Waals surface area contributed by atoms with E-state index in [1.165, 1.54) is 0 Å². The highest BCUT2D eigenvalue weighted by atomic mass is 16.4. The van der Waals surface area contributed by atoms with Crippen molar-refractivity contribution in [3.63, 3.8) is 0 Å². The molecule has 11 nitrogen and oxygen atoms in total. The predicted octanol–water partition coefficient (Wildman–Crippen LogP) is 2.76. The fourth-order valence-corrected chi connectivity index (χ4v) is 3.59. The summed E-state index contributed by atoms with van der Waals surface area (Å²) in [5, 5.41) is 33.9. The summed E-state index contributed by atoms with van der Waals surface area (Å²) in [5.41, 5.74) is 4.27. The third-order valence-corrected chi connectivity index (χ3v) is 5.10. The molecule has 0 fully saturated rings. The number of nitriles is 1. The molecule has 0 unspecified atom stereocenters. The van der Waals surface area contributed by atoms with Gasteiger partial charge in [-0.1, -0.05) is 11.2 Å². The van der Waals surface area contributed by atoms with Crippen molar-refractivity contribution in [2.24, 2.45) is 0 Å². The Morgan fingerprint density at radius 1 is 1.15 bits per heavy atom. The number of aryl methyl sites for hydroxylation is 2. The van der Waals surface area contributed by atoms with Crippen molar-refractivity contribution in [2.45, 2.75) is 20.3 Å². The monoisotopic (exact) mass is 441 g/mol. The second kappa shape index (κ2) is 8.18. The lowest BCUT2D eigenvalue weighted by atomic mass is 10.2. The standard InChI is InChI=1S/C22H19N9O2/c1-13-9-17(11-23)29-31(13)21-15(7-8-32)3-6-20(26-21)30-12-24-18-10-16(4-5-19(18)30)25-22-28-27-14(2)33-22/h3-6,9-10,12,32H,7-8H2,1-2H3,(H,25,28). The average molecular weight is 441 g/mol. The number of benzene rings is 1. The lowest BCUT2D eigenvalue weighted by molar-refractivity contribution is 0.299. The number of hydrogen-bond acceptors (Lipinski definition) is 9. The van der Waals surface area contributed by atoms with Crippen LogP contribution in [-0.2, 0) is 6.42 Å². The van der Waals surface area contributed by atoms with E-state index in [9.17, 15) is 10.4 Å². The SMILES string of the molecule is Cc1nnc(Nc2ccc3c(c2)ncn3-c2ccc(CCO)c(-n3nc(C#N)cc3C)n2)o1. The molecule has 4 heterocycles. The molecule has 0 radical (unpaired) electrons.